The lowest BCUT2D eigenvalue weighted by molar-refractivity contribution is 0.0526. The quantitative estimate of drug-likeness (QED) is 0.500. The third-order valence-electron chi connectivity index (χ3n) is 3.22. The van der Waals surface area contributed by atoms with Crippen LogP contribution in [0.25, 0.3) is 17.4 Å². The molecule has 1 N–H and O–H groups in total. The highest BCUT2D eigenvalue weighted by atomic mass is 32.2. The first-order valence-electron chi connectivity index (χ1n) is 7.19. The molecule has 1 aromatic carbocycles. The molecule has 0 atom stereocenters. The molecule has 0 radical (unpaired) electrons. The summed E-state index contributed by atoms with van der Waals surface area (Å²) in [5.41, 5.74) is 1.33. The third-order valence-corrected chi connectivity index (χ3v) is 4.50. The van der Waals surface area contributed by atoms with E-state index in [1.807, 2.05) is 6.07 Å². The highest BCUT2D eigenvalue weighted by molar-refractivity contribution is 8.19. The Bertz CT molecular complexity index is 837. The molecule has 122 valence electrons. The summed E-state index contributed by atoms with van der Waals surface area (Å²) in [6.07, 6.45) is 1.72. The Hall–Kier alpha value is -2.38. The van der Waals surface area contributed by atoms with Crippen LogP contribution in [0.4, 0.5) is 4.79 Å². The number of hydrogen-bond acceptors (Lipinski definition) is 6. The van der Waals surface area contributed by atoms with E-state index in [2.05, 4.69) is 5.32 Å². The van der Waals surface area contributed by atoms with Gasteiger partial charge in [0.1, 0.15) is 16.5 Å². The van der Waals surface area contributed by atoms with Gasteiger partial charge in [0.05, 0.1) is 17.1 Å². The molecule has 2 heterocycles. The molecule has 1 aliphatic rings. The van der Waals surface area contributed by atoms with Crippen LogP contribution in [-0.2, 0) is 4.74 Å². The Balaban J connectivity index is 1.78. The van der Waals surface area contributed by atoms with E-state index in [4.69, 9.17) is 21.4 Å². The Morgan fingerprint density at radius 2 is 2.04 bits per heavy atom. The maximum Gasteiger partial charge on any atom is 0.338 e. The van der Waals surface area contributed by atoms with Crippen LogP contribution in [0.3, 0.4) is 0 Å². The van der Waals surface area contributed by atoms with E-state index >= 15 is 0 Å². The van der Waals surface area contributed by atoms with Gasteiger partial charge in [-0.1, -0.05) is 24.4 Å². The number of furan rings is 1. The van der Waals surface area contributed by atoms with E-state index < -0.39 is 0 Å². The van der Waals surface area contributed by atoms with Crippen molar-refractivity contribution in [2.75, 3.05) is 6.61 Å². The minimum atomic E-state index is -0.349. The molecule has 0 aliphatic carbocycles. The zero-order chi connectivity index (χ0) is 17.1. The third kappa shape index (κ3) is 3.58. The van der Waals surface area contributed by atoms with Crippen molar-refractivity contribution in [3.05, 3.63) is 52.6 Å². The van der Waals surface area contributed by atoms with Gasteiger partial charge in [0.25, 0.3) is 5.24 Å². The molecule has 7 heteroatoms. The van der Waals surface area contributed by atoms with Crippen LogP contribution in [-0.4, -0.2) is 22.8 Å². The van der Waals surface area contributed by atoms with Crippen LogP contribution in [0.15, 0.2) is 45.7 Å². The molecule has 1 aromatic heterocycles. The van der Waals surface area contributed by atoms with Crippen LogP contribution >= 0.6 is 24.0 Å². The summed E-state index contributed by atoms with van der Waals surface area (Å²) in [6.45, 7) is 2.11. The smallest absolute Gasteiger partial charge is 0.338 e. The minimum Gasteiger partial charge on any atom is -0.462 e. The van der Waals surface area contributed by atoms with Crippen LogP contribution in [0.5, 0.6) is 0 Å². The second-order valence-corrected chi connectivity index (χ2v) is 6.28. The van der Waals surface area contributed by atoms with Crippen molar-refractivity contribution in [2.24, 2.45) is 0 Å². The summed E-state index contributed by atoms with van der Waals surface area (Å²) < 4.78 is 10.7. The summed E-state index contributed by atoms with van der Waals surface area (Å²) in [7, 11) is 0. The fourth-order valence-electron chi connectivity index (χ4n) is 2.12. The fourth-order valence-corrected chi connectivity index (χ4v) is 3.13. The number of esters is 1. The largest absolute Gasteiger partial charge is 0.462 e. The molecule has 3 rings (SSSR count). The maximum atomic E-state index is 11.6. The van der Waals surface area contributed by atoms with Crippen LogP contribution in [0, 0.1) is 0 Å². The van der Waals surface area contributed by atoms with E-state index in [9.17, 15) is 9.59 Å². The van der Waals surface area contributed by atoms with Crippen molar-refractivity contribution < 1.29 is 18.7 Å². The molecule has 0 saturated carbocycles. The number of carbonyl (C=O) groups is 2. The predicted molar refractivity (Wildman–Crippen MR) is 96.8 cm³/mol. The first-order valence-corrected chi connectivity index (χ1v) is 8.41. The molecule has 2 aromatic rings. The number of thiocarbonyl (C=S) groups is 1. The first kappa shape index (κ1) is 16.5. The molecule has 0 bridgehead atoms. The molecule has 1 saturated heterocycles. The van der Waals surface area contributed by atoms with Gasteiger partial charge < -0.3 is 14.5 Å². The Kier molecular flexibility index (Phi) is 4.82. The zero-order valence-corrected chi connectivity index (χ0v) is 14.3. The summed E-state index contributed by atoms with van der Waals surface area (Å²) in [5, 5.41) is 2.37. The highest BCUT2D eigenvalue weighted by Gasteiger charge is 2.22. The number of rotatable bonds is 4. The van der Waals surface area contributed by atoms with Crippen molar-refractivity contribution in [3.63, 3.8) is 0 Å². The normalized spacial score (nSPS) is 15.6. The van der Waals surface area contributed by atoms with Crippen LogP contribution < -0.4 is 5.32 Å². The molecule has 0 spiro atoms. The fraction of sp³-hybridized carbons (Fsp3) is 0.118. The minimum absolute atomic E-state index is 0.187. The number of thioether (sulfide) groups is 1. The summed E-state index contributed by atoms with van der Waals surface area (Å²) >= 11 is 6.11. The monoisotopic (exact) mass is 359 g/mol. The Morgan fingerprint density at radius 1 is 1.29 bits per heavy atom. The number of nitrogens with one attached hydrogen (secondary N) is 1. The molecular weight excluding hydrogens is 346 g/mol. The van der Waals surface area contributed by atoms with Gasteiger partial charge in [0.2, 0.25) is 0 Å². The van der Waals surface area contributed by atoms with Gasteiger partial charge in [-0.15, -0.1) is 0 Å². The molecule has 24 heavy (non-hydrogen) atoms. The molecular formula is C17H13NO4S2. The predicted octanol–water partition coefficient (Wildman–Crippen LogP) is 4.25. The average molecular weight is 359 g/mol. The van der Waals surface area contributed by atoms with E-state index in [0.29, 0.717) is 33.6 Å². The van der Waals surface area contributed by atoms with Gasteiger partial charge in [-0.3, -0.25) is 4.79 Å². The summed E-state index contributed by atoms with van der Waals surface area (Å²) in [5.74, 6) is 0.907. The number of carbonyl (C=O) groups excluding carboxylic acids is 2. The molecule has 0 unspecified atom stereocenters. The lowest BCUT2D eigenvalue weighted by atomic mass is 10.1. The number of benzene rings is 1. The lowest BCUT2D eigenvalue weighted by Crippen LogP contribution is -2.15. The average Bonchev–Trinajstić information content (AvgIpc) is 3.15. The zero-order valence-electron chi connectivity index (χ0n) is 12.7. The lowest BCUT2D eigenvalue weighted by Gasteiger charge is -2.02. The van der Waals surface area contributed by atoms with E-state index in [-0.39, 0.29) is 11.2 Å². The number of hydrogen-bond donors (Lipinski definition) is 1. The molecule has 5 nitrogen and oxygen atoms in total. The van der Waals surface area contributed by atoms with E-state index in [1.54, 1.807) is 43.3 Å². The topological polar surface area (TPSA) is 68.5 Å². The SMILES string of the molecule is CCOC(=O)c1ccc(-c2ccc(/C=C3\SC(=O)NC3=S)o2)cc1. The number of amides is 1. The van der Waals surface area contributed by atoms with Gasteiger partial charge in [-0.05, 0) is 49.0 Å². The first-order chi connectivity index (χ1) is 11.6. The summed E-state index contributed by atoms with van der Waals surface area (Å²) in [6, 6.07) is 10.6. The van der Waals surface area contributed by atoms with Gasteiger partial charge in [-0.2, -0.15) is 0 Å². The van der Waals surface area contributed by atoms with Gasteiger partial charge >= 0.3 is 5.97 Å². The molecule has 1 fully saturated rings. The molecule has 1 amide bonds. The van der Waals surface area contributed by atoms with Crippen molar-refractivity contribution >= 4 is 46.3 Å². The van der Waals surface area contributed by atoms with Crippen molar-refractivity contribution in [1.29, 1.82) is 0 Å². The second-order valence-electron chi connectivity index (χ2n) is 4.85. The Labute approximate surface area is 148 Å². The highest BCUT2D eigenvalue weighted by Crippen LogP contribution is 2.29. The van der Waals surface area contributed by atoms with Crippen molar-refractivity contribution in [3.8, 4) is 11.3 Å². The second kappa shape index (κ2) is 7.02. The van der Waals surface area contributed by atoms with Crippen LogP contribution in [0.2, 0.25) is 0 Å². The van der Waals surface area contributed by atoms with E-state index in [0.717, 1.165) is 17.3 Å². The standard InChI is InChI=1S/C17H13NO4S2/c1-2-21-16(19)11-5-3-10(4-6-11)13-8-7-12(22-13)9-14-15(23)18-17(20)24-14/h3-9H,2H2,1H3,(H,18,20,23)/b14-9-. The van der Waals surface area contributed by atoms with Gasteiger partial charge in [-0.25, -0.2) is 4.79 Å². The molecule has 1 aliphatic heterocycles. The summed E-state index contributed by atoms with van der Waals surface area (Å²) in [4.78, 5) is 24.0. The van der Waals surface area contributed by atoms with Gasteiger partial charge in [0.15, 0.2) is 0 Å². The van der Waals surface area contributed by atoms with E-state index in [1.165, 1.54) is 0 Å². The number of ether oxygens (including phenoxy) is 1. The maximum absolute atomic E-state index is 11.6. The van der Waals surface area contributed by atoms with Crippen molar-refractivity contribution in [1.82, 2.24) is 5.32 Å². The van der Waals surface area contributed by atoms with Gasteiger partial charge in [0, 0.05) is 5.56 Å². The Morgan fingerprint density at radius 3 is 2.67 bits per heavy atom. The van der Waals surface area contributed by atoms with Crippen molar-refractivity contribution in [2.45, 2.75) is 6.92 Å². The van der Waals surface area contributed by atoms with Crippen LogP contribution in [0.1, 0.15) is 23.0 Å².